The molecule has 1 saturated heterocycles. The number of rotatable bonds is 3. The third-order valence-electron chi connectivity index (χ3n) is 4.45. The maximum atomic E-state index is 13.1. The lowest BCUT2D eigenvalue weighted by atomic mass is 9.95. The van der Waals surface area contributed by atoms with Gasteiger partial charge in [0, 0.05) is 21.6 Å². The van der Waals surface area contributed by atoms with E-state index < -0.39 is 11.8 Å². The maximum absolute atomic E-state index is 13.1. The van der Waals surface area contributed by atoms with Gasteiger partial charge in [-0.2, -0.15) is 0 Å². The van der Waals surface area contributed by atoms with E-state index in [-0.39, 0.29) is 16.3 Å². The summed E-state index contributed by atoms with van der Waals surface area (Å²) in [5.41, 5.74) is 1.35. The van der Waals surface area contributed by atoms with E-state index in [2.05, 4.69) is 20.9 Å². The molecular weight excluding hydrogens is 515 g/mol. The summed E-state index contributed by atoms with van der Waals surface area (Å²) in [6.45, 7) is 0. The highest BCUT2D eigenvalue weighted by Gasteiger charge is 2.45. The minimum atomic E-state index is -0.681. The lowest BCUT2D eigenvalue weighted by Crippen LogP contribution is -2.27. The first-order valence-corrected chi connectivity index (χ1v) is 11.1. The first kappa shape index (κ1) is 20.5. The van der Waals surface area contributed by atoms with E-state index in [4.69, 9.17) is 35.4 Å². The predicted molar refractivity (Wildman–Crippen MR) is 125 cm³/mol. The molecule has 1 fully saturated rings. The normalized spacial score (nSPS) is 18.4. The SMILES string of the molecule is O=C1C(=S)N(c2nccs2)C(c2ccc(Cl)c(Cl)c2)C1=C(O)c1ccc(Br)cc1. The number of nitrogens with zero attached hydrogens (tertiary/aromatic N) is 2. The quantitative estimate of drug-likeness (QED) is 0.236. The Hall–Kier alpha value is -1.77. The van der Waals surface area contributed by atoms with Gasteiger partial charge in [0.05, 0.1) is 21.7 Å². The van der Waals surface area contributed by atoms with Crippen LogP contribution in [-0.4, -0.2) is 20.9 Å². The van der Waals surface area contributed by atoms with E-state index >= 15 is 0 Å². The number of hydrogen-bond acceptors (Lipinski definition) is 5. The van der Waals surface area contributed by atoms with Crippen LogP contribution in [0.15, 0.2) is 64.1 Å². The topological polar surface area (TPSA) is 53.4 Å². The van der Waals surface area contributed by atoms with Crippen LogP contribution in [0.2, 0.25) is 10.0 Å². The van der Waals surface area contributed by atoms with Gasteiger partial charge in [0.2, 0.25) is 5.78 Å². The highest BCUT2D eigenvalue weighted by molar-refractivity contribution is 9.10. The molecule has 9 heteroatoms. The maximum Gasteiger partial charge on any atom is 0.222 e. The Labute approximate surface area is 194 Å². The van der Waals surface area contributed by atoms with Gasteiger partial charge in [-0.25, -0.2) is 4.98 Å². The molecule has 0 saturated carbocycles. The monoisotopic (exact) mass is 524 g/mol. The Kier molecular flexibility index (Phi) is 5.77. The summed E-state index contributed by atoms with van der Waals surface area (Å²) in [5, 5.41) is 14.1. The van der Waals surface area contributed by atoms with Gasteiger partial charge in [-0.05, 0) is 29.8 Å². The Morgan fingerprint density at radius 3 is 2.52 bits per heavy atom. The number of aromatic nitrogens is 1. The molecule has 1 unspecified atom stereocenters. The number of halogens is 3. The second-order valence-corrected chi connectivity index (χ2v) is 9.15. The Bertz CT molecular complexity index is 1150. The van der Waals surface area contributed by atoms with E-state index in [0.29, 0.717) is 26.3 Å². The molecule has 4 rings (SSSR count). The van der Waals surface area contributed by atoms with Crippen molar-refractivity contribution in [1.29, 1.82) is 0 Å². The highest BCUT2D eigenvalue weighted by atomic mass is 79.9. The molecule has 1 N–H and O–H groups in total. The van der Waals surface area contributed by atoms with E-state index in [0.717, 1.165) is 4.47 Å². The molecular formula is C20H11BrCl2N2O2S2. The van der Waals surface area contributed by atoms with Crippen LogP contribution in [0, 0.1) is 0 Å². The first-order valence-electron chi connectivity index (χ1n) is 8.30. The van der Waals surface area contributed by atoms with Gasteiger partial charge in [-0.3, -0.25) is 9.69 Å². The van der Waals surface area contributed by atoms with Crippen molar-refractivity contribution in [2.24, 2.45) is 0 Å². The van der Waals surface area contributed by atoms with E-state index in [9.17, 15) is 9.90 Å². The lowest BCUT2D eigenvalue weighted by Gasteiger charge is -2.24. The summed E-state index contributed by atoms with van der Waals surface area (Å²) in [4.78, 5) is 19.2. The van der Waals surface area contributed by atoms with E-state index in [1.807, 2.05) is 0 Å². The van der Waals surface area contributed by atoms with Crippen molar-refractivity contribution in [3.63, 3.8) is 0 Å². The van der Waals surface area contributed by atoms with Crippen molar-refractivity contribution in [3.8, 4) is 0 Å². The third kappa shape index (κ3) is 3.73. The Balaban J connectivity index is 1.95. The Morgan fingerprint density at radius 1 is 1.17 bits per heavy atom. The zero-order chi connectivity index (χ0) is 20.7. The van der Waals surface area contributed by atoms with Gasteiger partial charge in [0.15, 0.2) is 10.1 Å². The van der Waals surface area contributed by atoms with Crippen molar-refractivity contribution >= 4 is 84.3 Å². The first-order chi connectivity index (χ1) is 13.9. The molecule has 1 aromatic heterocycles. The summed E-state index contributed by atoms with van der Waals surface area (Å²) >= 11 is 22.5. The number of ketones is 1. The zero-order valence-corrected chi connectivity index (χ0v) is 19.2. The van der Waals surface area contributed by atoms with Gasteiger partial charge in [-0.15, -0.1) is 11.3 Å². The van der Waals surface area contributed by atoms with Gasteiger partial charge in [0.25, 0.3) is 0 Å². The molecule has 4 nitrogen and oxygen atoms in total. The number of Topliss-reactive ketones (excluding diaryl/α,β-unsaturated/α-hetero) is 1. The summed E-state index contributed by atoms with van der Waals surface area (Å²) in [5.74, 6) is -0.563. The smallest absolute Gasteiger partial charge is 0.222 e. The molecule has 3 aromatic rings. The second-order valence-electron chi connectivity index (χ2n) is 6.16. The van der Waals surface area contributed by atoms with Crippen LogP contribution < -0.4 is 4.90 Å². The number of aliphatic hydroxyl groups excluding tert-OH is 1. The number of benzene rings is 2. The molecule has 1 aliphatic heterocycles. The molecule has 29 heavy (non-hydrogen) atoms. The number of anilines is 1. The van der Waals surface area contributed by atoms with E-state index in [1.165, 1.54) is 11.3 Å². The van der Waals surface area contributed by atoms with Crippen molar-refractivity contribution in [2.75, 3.05) is 4.90 Å². The number of hydrogen-bond donors (Lipinski definition) is 1. The molecule has 1 aliphatic rings. The fourth-order valence-electron chi connectivity index (χ4n) is 3.13. The number of thiocarbonyl (C=S) groups is 1. The fourth-order valence-corrected chi connectivity index (χ4v) is 4.73. The molecule has 0 aliphatic carbocycles. The van der Waals surface area contributed by atoms with Crippen LogP contribution in [0.1, 0.15) is 17.2 Å². The van der Waals surface area contributed by atoms with Crippen molar-refractivity contribution in [3.05, 3.63) is 85.3 Å². The van der Waals surface area contributed by atoms with Gasteiger partial charge in [-0.1, -0.05) is 69.5 Å². The summed E-state index contributed by atoms with van der Waals surface area (Å²) < 4.78 is 0.859. The number of thiazole rings is 1. The van der Waals surface area contributed by atoms with Crippen molar-refractivity contribution in [1.82, 2.24) is 4.98 Å². The molecule has 2 aromatic carbocycles. The van der Waals surface area contributed by atoms with Gasteiger partial charge in [0.1, 0.15) is 5.76 Å². The zero-order valence-electron chi connectivity index (χ0n) is 14.5. The fraction of sp³-hybridized carbons (Fsp3) is 0.0500. The van der Waals surface area contributed by atoms with Gasteiger partial charge < -0.3 is 5.11 Å². The molecule has 0 radical (unpaired) electrons. The van der Waals surface area contributed by atoms with Crippen LogP contribution >= 0.6 is 62.7 Å². The highest BCUT2D eigenvalue weighted by Crippen LogP contribution is 2.44. The van der Waals surface area contributed by atoms with Crippen molar-refractivity contribution < 1.29 is 9.90 Å². The summed E-state index contributed by atoms with van der Waals surface area (Å²) in [6, 6.07) is 11.4. The van der Waals surface area contributed by atoms with Crippen LogP contribution in [0.3, 0.4) is 0 Å². The lowest BCUT2D eigenvalue weighted by molar-refractivity contribution is -0.109. The minimum absolute atomic E-state index is 0.0645. The molecule has 1 atom stereocenters. The van der Waals surface area contributed by atoms with Crippen LogP contribution in [0.25, 0.3) is 5.76 Å². The molecule has 146 valence electrons. The summed E-state index contributed by atoms with van der Waals surface area (Å²) in [7, 11) is 0. The third-order valence-corrected chi connectivity index (χ3v) is 6.87. The number of aliphatic hydroxyl groups is 1. The van der Waals surface area contributed by atoms with E-state index in [1.54, 1.807) is 58.9 Å². The van der Waals surface area contributed by atoms with Crippen LogP contribution in [0.5, 0.6) is 0 Å². The average Bonchev–Trinajstić information content (AvgIpc) is 3.31. The average molecular weight is 526 g/mol. The standard InChI is InChI=1S/C20H11BrCl2N2O2S2/c21-12-4-1-10(2-5-12)17(26)15-16(11-3-6-13(22)14(23)9-11)25(19(28)18(15)27)20-24-7-8-29-20/h1-9,16,26H. The summed E-state index contributed by atoms with van der Waals surface area (Å²) in [6.07, 6.45) is 1.63. The largest absolute Gasteiger partial charge is 0.507 e. The number of carbonyl (C=O) groups is 1. The van der Waals surface area contributed by atoms with Crippen LogP contribution in [-0.2, 0) is 4.79 Å². The minimum Gasteiger partial charge on any atom is -0.507 e. The molecule has 0 bridgehead atoms. The molecule has 2 heterocycles. The number of carbonyl (C=O) groups excluding carboxylic acids is 1. The molecule has 0 amide bonds. The Morgan fingerprint density at radius 2 is 1.90 bits per heavy atom. The van der Waals surface area contributed by atoms with Crippen molar-refractivity contribution in [2.45, 2.75) is 6.04 Å². The second kappa shape index (κ2) is 8.16. The molecule has 0 spiro atoms. The van der Waals surface area contributed by atoms with Gasteiger partial charge >= 0.3 is 0 Å². The predicted octanol–water partition coefficient (Wildman–Crippen LogP) is 6.64. The van der Waals surface area contributed by atoms with Crippen LogP contribution in [0.4, 0.5) is 5.13 Å².